The molecule has 2 rings (SSSR count). The van der Waals surface area contributed by atoms with E-state index in [0.29, 0.717) is 23.1 Å². The van der Waals surface area contributed by atoms with Crippen LogP contribution in [0.5, 0.6) is 0 Å². The van der Waals surface area contributed by atoms with Crippen molar-refractivity contribution in [1.82, 2.24) is 4.98 Å². The van der Waals surface area contributed by atoms with Gasteiger partial charge in [0.15, 0.2) is 5.58 Å². The van der Waals surface area contributed by atoms with Crippen LogP contribution >= 0.6 is 0 Å². The Labute approximate surface area is 68.0 Å². The number of carbonyl (C=O) groups is 1. The van der Waals surface area contributed by atoms with Gasteiger partial charge in [0.2, 0.25) is 6.29 Å². The number of aldehydes is 1. The van der Waals surface area contributed by atoms with E-state index in [4.69, 9.17) is 10.2 Å². The van der Waals surface area contributed by atoms with Crippen molar-refractivity contribution in [2.24, 2.45) is 0 Å². The lowest BCUT2D eigenvalue weighted by molar-refractivity contribution is 0.109. The van der Waals surface area contributed by atoms with Crippen LogP contribution < -0.4 is 5.73 Å². The normalized spacial score (nSPS) is 10.3. The molecule has 0 fully saturated rings. The Bertz CT molecular complexity index is 434. The summed E-state index contributed by atoms with van der Waals surface area (Å²) in [6, 6.07) is 5.19. The molecule has 2 aromatic rings. The van der Waals surface area contributed by atoms with Gasteiger partial charge in [0.25, 0.3) is 5.89 Å². The fourth-order valence-electron chi connectivity index (χ4n) is 1.04. The molecule has 0 aliphatic rings. The van der Waals surface area contributed by atoms with E-state index >= 15 is 0 Å². The molecule has 0 saturated heterocycles. The minimum atomic E-state index is 0.0582. The molecule has 60 valence electrons. The predicted molar refractivity (Wildman–Crippen MR) is 43.8 cm³/mol. The standard InChI is InChI=1S/C8H6N2O2/c9-5-2-1-3-6-8(5)12-7(4-11)10-6/h1-4H,9H2. The Balaban J connectivity index is 2.82. The topological polar surface area (TPSA) is 69.1 Å². The first-order valence-corrected chi connectivity index (χ1v) is 3.41. The number of oxazole rings is 1. The van der Waals surface area contributed by atoms with Gasteiger partial charge in [0, 0.05) is 0 Å². The average Bonchev–Trinajstić information content (AvgIpc) is 2.49. The van der Waals surface area contributed by atoms with Gasteiger partial charge in [-0.2, -0.15) is 0 Å². The van der Waals surface area contributed by atoms with Gasteiger partial charge in [0.1, 0.15) is 5.52 Å². The highest BCUT2D eigenvalue weighted by Gasteiger charge is 2.05. The summed E-state index contributed by atoms with van der Waals surface area (Å²) in [5, 5.41) is 0. The Hall–Kier alpha value is -1.84. The highest BCUT2D eigenvalue weighted by Crippen LogP contribution is 2.20. The van der Waals surface area contributed by atoms with Crippen LogP contribution in [0.15, 0.2) is 22.6 Å². The molecular formula is C8H6N2O2. The zero-order valence-electron chi connectivity index (χ0n) is 6.15. The molecule has 1 aromatic carbocycles. The number of anilines is 1. The quantitative estimate of drug-likeness (QED) is 0.505. The summed E-state index contributed by atoms with van der Waals surface area (Å²) in [7, 11) is 0. The van der Waals surface area contributed by atoms with E-state index in [9.17, 15) is 4.79 Å². The number of rotatable bonds is 1. The van der Waals surface area contributed by atoms with Crippen LogP contribution in [0.2, 0.25) is 0 Å². The number of fused-ring (bicyclic) bond motifs is 1. The van der Waals surface area contributed by atoms with Gasteiger partial charge in [-0.1, -0.05) is 6.07 Å². The Morgan fingerprint density at radius 3 is 3.00 bits per heavy atom. The van der Waals surface area contributed by atoms with E-state index < -0.39 is 0 Å². The molecule has 0 saturated carbocycles. The van der Waals surface area contributed by atoms with Crippen molar-refractivity contribution >= 4 is 23.1 Å². The monoisotopic (exact) mass is 162 g/mol. The molecule has 0 bridgehead atoms. The largest absolute Gasteiger partial charge is 0.432 e. The van der Waals surface area contributed by atoms with E-state index in [2.05, 4.69) is 4.98 Å². The second-order valence-corrected chi connectivity index (χ2v) is 2.37. The Morgan fingerprint density at radius 2 is 2.33 bits per heavy atom. The Morgan fingerprint density at radius 1 is 1.50 bits per heavy atom. The number of hydrogen-bond acceptors (Lipinski definition) is 4. The lowest BCUT2D eigenvalue weighted by atomic mass is 10.3. The smallest absolute Gasteiger partial charge is 0.260 e. The maximum absolute atomic E-state index is 10.3. The summed E-state index contributed by atoms with van der Waals surface area (Å²) in [4.78, 5) is 14.2. The van der Waals surface area contributed by atoms with Crippen molar-refractivity contribution in [3.05, 3.63) is 24.1 Å². The number of aromatic nitrogens is 1. The summed E-state index contributed by atoms with van der Waals surface area (Å²) in [5.74, 6) is 0.0582. The summed E-state index contributed by atoms with van der Waals surface area (Å²) >= 11 is 0. The van der Waals surface area contributed by atoms with Crippen LogP contribution in [0.1, 0.15) is 10.7 Å². The van der Waals surface area contributed by atoms with E-state index in [1.165, 1.54) is 0 Å². The van der Waals surface area contributed by atoms with Gasteiger partial charge in [0.05, 0.1) is 5.69 Å². The van der Waals surface area contributed by atoms with Crippen molar-refractivity contribution in [2.45, 2.75) is 0 Å². The van der Waals surface area contributed by atoms with Gasteiger partial charge in [-0.25, -0.2) is 4.98 Å². The number of nitrogens with two attached hydrogens (primary N) is 1. The van der Waals surface area contributed by atoms with Crippen LogP contribution in [0.25, 0.3) is 11.1 Å². The highest BCUT2D eigenvalue weighted by atomic mass is 16.4. The molecule has 2 N–H and O–H groups in total. The first kappa shape index (κ1) is 6.84. The maximum Gasteiger partial charge on any atom is 0.260 e. The predicted octanol–water partition coefficient (Wildman–Crippen LogP) is 1.22. The Kier molecular flexibility index (Phi) is 1.33. The number of carbonyl (C=O) groups excluding carboxylic acids is 1. The summed E-state index contributed by atoms with van der Waals surface area (Å²) < 4.78 is 5.04. The van der Waals surface area contributed by atoms with Crippen LogP contribution in [0.4, 0.5) is 5.69 Å². The average molecular weight is 162 g/mol. The fourth-order valence-corrected chi connectivity index (χ4v) is 1.04. The second-order valence-electron chi connectivity index (χ2n) is 2.37. The third kappa shape index (κ3) is 0.852. The van der Waals surface area contributed by atoms with Gasteiger partial charge in [-0.15, -0.1) is 0 Å². The molecule has 0 amide bonds. The SMILES string of the molecule is Nc1cccc2nc(C=O)oc12. The van der Waals surface area contributed by atoms with Crippen LogP contribution in [-0.4, -0.2) is 11.3 Å². The van der Waals surface area contributed by atoms with Crippen LogP contribution in [0, 0.1) is 0 Å². The third-order valence-corrected chi connectivity index (χ3v) is 1.56. The zero-order chi connectivity index (χ0) is 8.55. The van der Waals surface area contributed by atoms with Crippen molar-refractivity contribution in [2.75, 3.05) is 5.73 Å². The number of hydrogen-bond donors (Lipinski definition) is 1. The van der Waals surface area contributed by atoms with Gasteiger partial charge < -0.3 is 10.2 Å². The molecule has 4 heteroatoms. The molecule has 4 nitrogen and oxygen atoms in total. The maximum atomic E-state index is 10.3. The van der Waals surface area contributed by atoms with Crippen molar-refractivity contribution < 1.29 is 9.21 Å². The molecule has 0 radical (unpaired) electrons. The molecule has 12 heavy (non-hydrogen) atoms. The van der Waals surface area contributed by atoms with Gasteiger partial charge in [-0.05, 0) is 12.1 Å². The highest BCUT2D eigenvalue weighted by molar-refractivity contribution is 5.87. The first-order valence-electron chi connectivity index (χ1n) is 3.41. The van der Waals surface area contributed by atoms with Gasteiger partial charge in [-0.3, -0.25) is 4.79 Å². The minimum Gasteiger partial charge on any atom is -0.432 e. The lowest BCUT2D eigenvalue weighted by Crippen LogP contribution is -1.82. The van der Waals surface area contributed by atoms with Crippen LogP contribution in [-0.2, 0) is 0 Å². The van der Waals surface area contributed by atoms with Crippen molar-refractivity contribution in [3.63, 3.8) is 0 Å². The number of nitrogen functional groups attached to an aromatic ring is 1. The van der Waals surface area contributed by atoms with Crippen LogP contribution in [0.3, 0.4) is 0 Å². The number of para-hydroxylation sites is 1. The minimum absolute atomic E-state index is 0.0582. The molecule has 1 aromatic heterocycles. The summed E-state index contributed by atoms with van der Waals surface area (Å²) in [6.45, 7) is 0. The molecule has 0 spiro atoms. The second kappa shape index (κ2) is 2.34. The summed E-state index contributed by atoms with van der Waals surface area (Å²) in [6.07, 6.45) is 0.555. The molecule has 1 heterocycles. The molecule has 0 aliphatic heterocycles. The molecule has 0 unspecified atom stereocenters. The summed E-state index contributed by atoms with van der Waals surface area (Å²) in [5.41, 5.74) is 7.15. The first-order chi connectivity index (χ1) is 5.81. The van der Waals surface area contributed by atoms with E-state index in [1.807, 2.05) is 0 Å². The number of nitrogens with zero attached hydrogens (tertiary/aromatic N) is 1. The van der Waals surface area contributed by atoms with Gasteiger partial charge >= 0.3 is 0 Å². The van der Waals surface area contributed by atoms with Crippen molar-refractivity contribution in [3.8, 4) is 0 Å². The molecule has 0 aliphatic carbocycles. The molecular weight excluding hydrogens is 156 g/mol. The fraction of sp³-hybridized carbons (Fsp3) is 0. The van der Waals surface area contributed by atoms with E-state index in [-0.39, 0.29) is 5.89 Å². The zero-order valence-corrected chi connectivity index (χ0v) is 6.15. The van der Waals surface area contributed by atoms with E-state index in [0.717, 1.165) is 0 Å². The van der Waals surface area contributed by atoms with E-state index in [1.54, 1.807) is 18.2 Å². The third-order valence-electron chi connectivity index (χ3n) is 1.56. The molecule has 0 atom stereocenters. The van der Waals surface area contributed by atoms with Crippen molar-refractivity contribution in [1.29, 1.82) is 0 Å². The number of benzene rings is 1. The lowest BCUT2D eigenvalue weighted by Gasteiger charge is -1.89.